The Morgan fingerprint density at radius 3 is 2.67 bits per heavy atom. The second-order valence-electron chi connectivity index (χ2n) is 8.44. The zero-order valence-corrected chi connectivity index (χ0v) is 18.7. The van der Waals surface area contributed by atoms with Crippen LogP contribution in [0.2, 0.25) is 0 Å². The number of carbonyl (C=O) groups is 1. The number of hydrogen-bond donors (Lipinski definition) is 1. The van der Waals surface area contributed by atoms with Gasteiger partial charge in [-0.25, -0.2) is 22.7 Å². The molecule has 8 nitrogen and oxygen atoms in total. The van der Waals surface area contributed by atoms with Gasteiger partial charge in [0.15, 0.2) is 5.65 Å². The third-order valence-corrected chi connectivity index (χ3v) is 8.16. The van der Waals surface area contributed by atoms with Gasteiger partial charge in [-0.15, -0.1) is 0 Å². The number of pyridine rings is 1. The molecule has 1 saturated heterocycles. The first-order chi connectivity index (χ1) is 14.4. The Morgan fingerprint density at radius 2 is 1.93 bits per heavy atom. The van der Waals surface area contributed by atoms with E-state index in [-0.39, 0.29) is 17.7 Å². The Hall–Kier alpha value is -2.00. The van der Waals surface area contributed by atoms with Crippen molar-refractivity contribution in [2.45, 2.75) is 71.4 Å². The molecule has 0 aliphatic carbocycles. The summed E-state index contributed by atoms with van der Waals surface area (Å²) in [6, 6.07) is 1.78. The monoisotopic (exact) mass is 433 g/mol. The predicted molar refractivity (Wildman–Crippen MR) is 116 cm³/mol. The molecule has 0 spiro atoms. The molecule has 0 radical (unpaired) electrons. The lowest BCUT2D eigenvalue weighted by molar-refractivity contribution is 0.0925. The second-order valence-corrected chi connectivity index (χ2v) is 10.5. The summed E-state index contributed by atoms with van der Waals surface area (Å²) < 4.78 is 28.2. The zero-order chi connectivity index (χ0) is 21.3. The molecular weight excluding hydrogens is 402 g/mol. The molecule has 164 valence electrons. The van der Waals surface area contributed by atoms with Crippen molar-refractivity contribution in [2.24, 2.45) is 0 Å². The van der Waals surface area contributed by atoms with Gasteiger partial charge in [0.05, 0.1) is 11.3 Å². The molecule has 0 unspecified atom stereocenters. The molecule has 9 heteroatoms. The van der Waals surface area contributed by atoms with Crippen LogP contribution in [0.5, 0.6) is 0 Å². The lowest BCUT2D eigenvalue weighted by atomic mass is 10.1. The van der Waals surface area contributed by atoms with E-state index >= 15 is 0 Å². The smallest absolute Gasteiger partial charge is 0.253 e. The average Bonchev–Trinajstić information content (AvgIpc) is 2.89. The molecule has 1 N–H and O–H groups in total. The van der Waals surface area contributed by atoms with Gasteiger partial charge in [-0.2, -0.15) is 0 Å². The molecule has 2 aromatic rings. The summed E-state index contributed by atoms with van der Waals surface area (Å²) in [7, 11) is -3.18. The third kappa shape index (κ3) is 4.23. The van der Waals surface area contributed by atoms with Crippen LogP contribution in [0.3, 0.4) is 0 Å². The zero-order valence-electron chi connectivity index (χ0n) is 17.9. The number of rotatable bonds is 5. The van der Waals surface area contributed by atoms with Gasteiger partial charge in [0.2, 0.25) is 10.0 Å². The van der Waals surface area contributed by atoms with E-state index in [0.717, 1.165) is 43.0 Å². The van der Waals surface area contributed by atoms with Gasteiger partial charge in [0.1, 0.15) is 11.3 Å². The summed E-state index contributed by atoms with van der Waals surface area (Å²) in [6.07, 6.45) is 6.20. The second kappa shape index (κ2) is 8.63. The molecular formula is C21H31N5O3S. The maximum absolute atomic E-state index is 13.1. The number of imidazole rings is 1. The summed E-state index contributed by atoms with van der Waals surface area (Å²) in [4.78, 5) is 22.6. The van der Waals surface area contributed by atoms with E-state index in [4.69, 9.17) is 4.98 Å². The maximum atomic E-state index is 13.1. The molecule has 2 aliphatic rings. The largest absolute Gasteiger partial charge is 0.349 e. The summed E-state index contributed by atoms with van der Waals surface area (Å²) >= 11 is 0. The average molecular weight is 434 g/mol. The number of sulfonamides is 1. The summed E-state index contributed by atoms with van der Waals surface area (Å²) in [5, 5.41) is 3.11. The molecule has 1 amide bonds. The highest BCUT2D eigenvalue weighted by atomic mass is 32.2. The van der Waals surface area contributed by atoms with Gasteiger partial charge in [0, 0.05) is 37.8 Å². The fourth-order valence-corrected chi connectivity index (χ4v) is 6.06. The molecule has 1 fully saturated rings. The van der Waals surface area contributed by atoms with Crippen LogP contribution in [0.15, 0.2) is 6.07 Å². The highest BCUT2D eigenvalue weighted by Crippen LogP contribution is 2.24. The Kier molecular flexibility index (Phi) is 6.11. The van der Waals surface area contributed by atoms with E-state index in [1.807, 2.05) is 19.9 Å². The highest BCUT2D eigenvalue weighted by Gasteiger charge is 2.29. The van der Waals surface area contributed by atoms with E-state index in [9.17, 15) is 13.2 Å². The number of piperidine rings is 1. The van der Waals surface area contributed by atoms with Crippen LogP contribution in [0.1, 0.15) is 67.3 Å². The van der Waals surface area contributed by atoms with Gasteiger partial charge in [-0.1, -0.05) is 13.3 Å². The van der Waals surface area contributed by atoms with Crippen LogP contribution in [0.25, 0.3) is 11.2 Å². The number of aromatic nitrogens is 3. The molecule has 30 heavy (non-hydrogen) atoms. The third-order valence-electron chi connectivity index (χ3n) is 6.08. The molecule has 2 aromatic heterocycles. The van der Waals surface area contributed by atoms with Gasteiger partial charge < -0.3 is 9.88 Å². The van der Waals surface area contributed by atoms with Crippen molar-refractivity contribution in [1.82, 2.24) is 24.2 Å². The first-order valence-corrected chi connectivity index (χ1v) is 12.7. The van der Waals surface area contributed by atoms with Crippen molar-refractivity contribution in [3.63, 3.8) is 0 Å². The number of hydrogen-bond acceptors (Lipinski definition) is 5. The van der Waals surface area contributed by atoms with Crippen molar-refractivity contribution in [2.75, 3.05) is 18.8 Å². The molecule has 0 aromatic carbocycles. The molecule has 0 bridgehead atoms. The quantitative estimate of drug-likeness (QED) is 0.781. The normalized spacial score (nSPS) is 18.9. The number of carbonyl (C=O) groups excluding carboxylic acids is 1. The number of nitrogens with one attached hydrogen (secondary N) is 1. The van der Waals surface area contributed by atoms with E-state index in [0.29, 0.717) is 43.4 Å². The molecule has 4 heterocycles. The Balaban J connectivity index is 1.51. The fourth-order valence-electron chi connectivity index (χ4n) is 4.52. The molecule has 0 atom stereocenters. The molecule has 2 aliphatic heterocycles. The van der Waals surface area contributed by atoms with Crippen LogP contribution in [-0.2, 0) is 23.0 Å². The van der Waals surface area contributed by atoms with Gasteiger partial charge >= 0.3 is 0 Å². The Bertz CT molecular complexity index is 1040. The number of nitrogens with zero attached hydrogens (tertiary/aromatic N) is 4. The number of fused-ring (bicyclic) bond motifs is 3. The highest BCUT2D eigenvalue weighted by molar-refractivity contribution is 7.89. The van der Waals surface area contributed by atoms with E-state index in [2.05, 4.69) is 14.9 Å². The first kappa shape index (κ1) is 21.2. The van der Waals surface area contributed by atoms with Crippen LogP contribution >= 0.6 is 0 Å². The van der Waals surface area contributed by atoms with Crippen molar-refractivity contribution in [3.8, 4) is 0 Å². The minimum Gasteiger partial charge on any atom is -0.349 e. The van der Waals surface area contributed by atoms with Crippen LogP contribution < -0.4 is 5.32 Å². The lowest BCUT2D eigenvalue weighted by Gasteiger charge is -2.31. The van der Waals surface area contributed by atoms with Gasteiger partial charge in [0.25, 0.3) is 5.91 Å². The van der Waals surface area contributed by atoms with Crippen LogP contribution in [0.4, 0.5) is 0 Å². The topological polar surface area (TPSA) is 97.2 Å². The summed E-state index contributed by atoms with van der Waals surface area (Å²) in [6.45, 7) is 5.59. The Morgan fingerprint density at radius 1 is 1.17 bits per heavy atom. The van der Waals surface area contributed by atoms with Gasteiger partial charge in [-0.05, 0) is 45.1 Å². The molecule has 0 saturated carbocycles. The fraction of sp³-hybridized carbons (Fsp3) is 0.667. The lowest BCUT2D eigenvalue weighted by Crippen LogP contribution is -2.47. The maximum Gasteiger partial charge on any atom is 0.253 e. The SMILES string of the molecule is CCCS(=O)(=O)N1CCC(NC(=O)c2cc(C)nc3c2nc2n3CCCCC2)CC1. The van der Waals surface area contributed by atoms with Crippen molar-refractivity contribution in [3.05, 3.63) is 23.1 Å². The minimum atomic E-state index is -3.18. The molecule has 4 rings (SSSR count). The van der Waals surface area contributed by atoms with Crippen molar-refractivity contribution >= 4 is 27.1 Å². The van der Waals surface area contributed by atoms with E-state index < -0.39 is 10.0 Å². The standard InChI is InChI=1S/C21H31N5O3S/c1-3-13-30(28,29)25-11-8-16(9-12-25)23-21(27)17-14-15(2)22-20-19(17)24-18-7-5-4-6-10-26(18)20/h14,16H,3-13H2,1-2H3,(H,23,27). The van der Waals surface area contributed by atoms with Crippen molar-refractivity contribution < 1.29 is 13.2 Å². The van der Waals surface area contributed by atoms with E-state index in [1.165, 1.54) is 6.42 Å². The first-order valence-electron chi connectivity index (χ1n) is 11.0. The van der Waals surface area contributed by atoms with Crippen molar-refractivity contribution in [1.29, 1.82) is 0 Å². The number of amides is 1. The predicted octanol–water partition coefficient (Wildman–Crippen LogP) is 2.40. The summed E-state index contributed by atoms with van der Waals surface area (Å²) in [5.74, 6) is 1.06. The van der Waals surface area contributed by atoms with Gasteiger partial charge in [-0.3, -0.25) is 4.79 Å². The van der Waals surface area contributed by atoms with E-state index in [1.54, 1.807) is 4.31 Å². The Labute approximate surface area is 178 Å². The van der Waals surface area contributed by atoms with Crippen LogP contribution in [0, 0.1) is 6.92 Å². The summed E-state index contributed by atoms with van der Waals surface area (Å²) in [5.41, 5.74) is 2.86. The van der Waals surface area contributed by atoms with Crippen LogP contribution in [-0.4, -0.2) is 58.0 Å². The number of aryl methyl sites for hydroxylation is 3. The minimum absolute atomic E-state index is 0.0328.